The smallest absolute Gasteiger partial charge is 0.383 e. The van der Waals surface area contributed by atoms with E-state index in [1.165, 1.54) is 7.11 Å². The van der Waals surface area contributed by atoms with Crippen LogP contribution in [0.15, 0.2) is 0 Å². The summed E-state index contributed by atoms with van der Waals surface area (Å²) in [6.07, 6.45) is -4.18. The molecule has 0 aromatic carbocycles. The minimum absolute atomic E-state index is 0.162. The molecule has 0 spiro atoms. The molecule has 0 saturated carbocycles. The van der Waals surface area contributed by atoms with Crippen molar-refractivity contribution in [1.82, 2.24) is 10.6 Å². The summed E-state index contributed by atoms with van der Waals surface area (Å²) in [6.45, 7) is 1.33. The Hall–Kier alpha value is -0.820. The van der Waals surface area contributed by atoms with Crippen molar-refractivity contribution in [2.45, 2.75) is 31.0 Å². The third-order valence-corrected chi connectivity index (χ3v) is 2.74. The highest BCUT2D eigenvalue weighted by Gasteiger charge is 2.36. The van der Waals surface area contributed by atoms with E-state index in [0.717, 1.165) is 19.4 Å². The maximum absolute atomic E-state index is 11.9. The molecule has 1 saturated heterocycles. The first-order valence-corrected chi connectivity index (χ1v) is 5.44. The molecule has 1 fully saturated rings. The second kappa shape index (κ2) is 5.68. The summed E-state index contributed by atoms with van der Waals surface area (Å²) in [5.41, 5.74) is -0.421. The Morgan fingerprint density at radius 2 is 2.24 bits per heavy atom. The van der Waals surface area contributed by atoms with Crippen LogP contribution in [0.2, 0.25) is 0 Å². The van der Waals surface area contributed by atoms with E-state index in [1.807, 2.05) is 0 Å². The molecule has 0 aliphatic carbocycles. The normalized spacial score (nSPS) is 24.9. The Morgan fingerprint density at radius 3 is 2.71 bits per heavy atom. The highest BCUT2D eigenvalue weighted by Crippen LogP contribution is 2.21. The molecular weight excluding hydrogens is 237 g/mol. The Labute approximate surface area is 97.9 Å². The number of halogens is 3. The molecule has 1 atom stereocenters. The van der Waals surface area contributed by atoms with Gasteiger partial charge in [-0.05, 0) is 19.4 Å². The zero-order valence-electron chi connectivity index (χ0n) is 9.69. The van der Waals surface area contributed by atoms with Crippen LogP contribution >= 0.6 is 0 Å². The topological polar surface area (TPSA) is 50.4 Å². The van der Waals surface area contributed by atoms with E-state index < -0.39 is 24.0 Å². The van der Waals surface area contributed by atoms with Crippen molar-refractivity contribution in [3.05, 3.63) is 0 Å². The first kappa shape index (κ1) is 14.2. The molecule has 100 valence electrons. The van der Waals surface area contributed by atoms with Crippen LogP contribution in [0.1, 0.15) is 19.3 Å². The first-order valence-electron chi connectivity index (χ1n) is 5.44. The van der Waals surface area contributed by atoms with E-state index in [-0.39, 0.29) is 6.54 Å². The van der Waals surface area contributed by atoms with E-state index in [9.17, 15) is 18.0 Å². The van der Waals surface area contributed by atoms with E-state index in [1.54, 1.807) is 0 Å². The van der Waals surface area contributed by atoms with Gasteiger partial charge in [0.25, 0.3) is 0 Å². The van der Waals surface area contributed by atoms with Crippen molar-refractivity contribution < 1.29 is 22.7 Å². The number of carbonyl (C=O) groups is 1. The number of amides is 1. The van der Waals surface area contributed by atoms with Crippen LogP contribution in [0, 0.1) is 0 Å². The van der Waals surface area contributed by atoms with Gasteiger partial charge in [0, 0.05) is 13.7 Å². The lowest BCUT2D eigenvalue weighted by molar-refractivity contribution is -0.154. The highest BCUT2D eigenvalue weighted by atomic mass is 19.4. The lowest BCUT2D eigenvalue weighted by atomic mass is 9.98. The van der Waals surface area contributed by atoms with Crippen LogP contribution < -0.4 is 10.6 Å². The zero-order chi connectivity index (χ0) is 12.9. The van der Waals surface area contributed by atoms with E-state index in [4.69, 9.17) is 4.74 Å². The van der Waals surface area contributed by atoms with Gasteiger partial charge < -0.3 is 15.4 Å². The fourth-order valence-corrected chi connectivity index (χ4v) is 1.98. The van der Waals surface area contributed by atoms with Crippen LogP contribution in [-0.4, -0.2) is 44.4 Å². The fourth-order valence-electron chi connectivity index (χ4n) is 1.98. The third-order valence-electron chi connectivity index (χ3n) is 2.74. The second-order valence-electron chi connectivity index (χ2n) is 4.31. The molecule has 1 aliphatic heterocycles. The average Bonchev–Trinajstić information content (AvgIpc) is 2.62. The van der Waals surface area contributed by atoms with Crippen LogP contribution in [0.4, 0.5) is 13.2 Å². The van der Waals surface area contributed by atoms with Crippen LogP contribution in [0.25, 0.3) is 0 Å². The van der Waals surface area contributed by atoms with Gasteiger partial charge in [-0.15, -0.1) is 0 Å². The van der Waals surface area contributed by atoms with Crippen molar-refractivity contribution >= 4 is 5.91 Å². The predicted molar refractivity (Wildman–Crippen MR) is 55.5 cm³/mol. The quantitative estimate of drug-likeness (QED) is 0.764. The van der Waals surface area contributed by atoms with Gasteiger partial charge in [0.15, 0.2) is 0 Å². The van der Waals surface area contributed by atoms with Crippen molar-refractivity contribution in [2.24, 2.45) is 0 Å². The van der Waals surface area contributed by atoms with Crippen molar-refractivity contribution in [2.75, 3.05) is 26.8 Å². The molecule has 0 aromatic heterocycles. The third kappa shape index (κ3) is 4.91. The Bertz CT molecular complexity index is 263. The van der Waals surface area contributed by atoms with Crippen LogP contribution in [0.3, 0.4) is 0 Å². The zero-order valence-corrected chi connectivity index (χ0v) is 9.69. The molecular formula is C10H17F3N2O2. The predicted octanol–water partition coefficient (Wildman–Crippen LogP) is 0.824. The van der Waals surface area contributed by atoms with Crippen molar-refractivity contribution in [1.29, 1.82) is 0 Å². The number of rotatable bonds is 5. The van der Waals surface area contributed by atoms with Crippen molar-refractivity contribution in [3.63, 3.8) is 0 Å². The number of alkyl halides is 3. The maximum atomic E-state index is 11.9. The SMILES string of the molecule is COCC1(CNC(=O)CC(F)(F)F)CCCN1. The molecule has 2 N–H and O–H groups in total. The van der Waals surface area contributed by atoms with Gasteiger partial charge >= 0.3 is 6.18 Å². The van der Waals surface area contributed by atoms with E-state index >= 15 is 0 Å². The highest BCUT2D eigenvalue weighted by molar-refractivity contribution is 5.76. The molecule has 1 rings (SSSR count). The van der Waals surface area contributed by atoms with Gasteiger partial charge in [-0.3, -0.25) is 4.79 Å². The Kier molecular flexibility index (Phi) is 4.76. The average molecular weight is 254 g/mol. The molecule has 0 aromatic rings. The molecule has 0 bridgehead atoms. The summed E-state index contributed by atoms with van der Waals surface area (Å²) >= 11 is 0. The van der Waals surface area contributed by atoms with Gasteiger partial charge in [-0.2, -0.15) is 13.2 Å². The second-order valence-corrected chi connectivity index (χ2v) is 4.31. The summed E-state index contributed by atoms with van der Waals surface area (Å²) < 4.78 is 40.9. The number of ether oxygens (including phenoxy) is 1. The largest absolute Gasteiger partial charge is 0.397 e. The molecule has 4 nitrogen and oxygen atoms in total. The molecule has 1 aliphatic rings. The van der Waals surface area contributed by atoms with Gasteiger partial charge in [-0.25, -0.2) is 0 Å². The molecule has 1 unspecified atom stereocenters. The number of hydrogen-bond donors (Lipinski definition) is 2. The van der Waals surface area contributed by atoms with E-state index in [2.05, 4.69) is 10.6 Å². The lowest BCUT2D eigenvalue weighted by Crippen LogP contribution is -2.53. The molecule has 1 heterocycles. The standard InChI is InChI=1S/C10H17F3N2O2/c1-17-7-9(3-2-4-15-9)6-14-8(16)5-10(11,12)13/h15H,2-7H2,1H3,(H,14,16). The summed E-state index contributed by atoms with van der Waals surface area (Å²) in [4.78, 5) is 11.1. The summed E-state index contributed by atoms with van der Waals surface area (Å²) in [7, 11) is 1.53. The Balaban J connectivity index is 2.39. The maximum Gasteiger partial charge on any atom is 0.397 e. The van der Waals surface area contributed by atoms with Crippen LogP contribution in [-0.2, 0) is 9.53 Å². The minimum Gasteiger partial charge on any atom is -0.383 e. The lowest BCUT2D eigenvalue weighted by Gasteiger charge is -2.29. The molecule has 17 heavy (non-hydrogen) atoms. The van der Waals surface area contributed by atoms with Gasteiger partial charge in [-0.1, -0.05) is 0 Å². The number of nitrogens with one attached hydrogen (secondary N) is 2. The molecule has 1 amide bonds. The van der Waals surface area contributed by atoms with Crippen LogP contribution in [0.5, 0.6) is 0 Å². The monoisotopic (exact) mass is 254 g/mol. The van der Waals surface area contributed by atoms with Gasteiger partial charge in [0.2, 0.25) is 5.91 Å². The van der Waals surface area contributed by atoms with Crippen molar-refractivity contribution in [3.8, 4) is 0 Å². The number of methoxy groups -OCH3 is 1. The summed E-state index contributed by atoms with van der Waals surface area (Å²) in [5, 5.41) is 5.47. The summed E-state index contributed by atoms with van der Waals surface area (Å²) in [6, 6.07) is 0. The number of carbonyl (C=O) groups excluding carboxylic acids is 1. The fraction of sp³-hybridized carbons (Fsp3) is 0.900. The summed E-state index contributed by atoms with van der Waals surface area (Å²) in [5.74, 6) is -0.998. The van der Waals surface area contributed by atoms with E-state index in [0.29, 0.717) is 6.61 Å². The minimum atomic E-state index is -4.46. The molecule has 7 heteroatoms. The Morgan fingerprint density at radius 1 is 1.53 bits per heavy atom. The number of hydrogen-bond acceptors (Lipinski definition) is 3. The van der Waals surface area contributed by atoms with Gasteiger partial charge in [0.1, 0.15) is 6.42 Å². The first-order chi connectivity index (χ1) is 7.87. The van der Waals surface area contributed by atoms with Gasteiger partial charge in [0.05, 0.1) is 12.1 Å². The molecule has 0 radical (unpaired) electrons.